The van der Waals surface area contributed by atoms with Crippen LogP contribution in [0, 0.1) is 0 Å². The molecule has 3 N–H and O–H groups in total. The highest BCUT2D eigenvalue weighted by molar-refractivity contribution is 5.95. The molecule has 0 aliphatic heterocycles. The van der Waals surface area contributed by atoms with E-state index in [1.54, 1.807) is 0 Å². The van der Waals surface area contributed by atoms with Gasteiger partial charge in [0, 0.05) is 0 Å². The second kappa shape index (κ2) is 5.19. The summed E-state index contributed by atoms with van der Waals surface area (Å²) in [6.07, 6.45) is -4.48. The minimum Gasteiger partial charge on any atom is -0.382 e. The van der Waals surface area contributed by atoms with E-state index in [0.29, 0.717) is 0 Å². The van der Waals surface area contributed by atoms with Gasteiger partial charge < -0.3 is 5.73 Å². The van der Waals surface area contributed by atoms with Gasteiger partial charge in [-0.2, -0.15) is 18.3 Å². The molecule has 1 heterocycles. The van der Waals surface area contributed by atoms with E-state index in [1.165, 1.54) is 18.2 Å². The Kier molecular flexibility index (Phi) is 3.59. The first-order valence-electron chi connectivity index (χ1n) is 5.39. The van der Waals surface area contributed by atoms with Gasteiger partial charge in [0.05, 0.1) is 12.1 Å². The minimum absolute atomic E-state index is 0.0529. The molecule has 0 saturated heterocycles. The smallest absolute Gasteiger partial charge is 0.382 e. The number of aliphatic imine (C=N–C) groups is 1. The predicted molar refractivity (Wildman–Crippen MR) is 63.0 cm³/mol. The molecule has 0 unspecified atom stereocenters. The number of benzene rings is 1. The SMILES string of the molecule is NC(=NCc1ccccc1C(F)(F)F)c1no[nH]c1=O. The van der Waals surface area contributed by atoms with Crippen molar-refractivity contribution in [2.75, 3.05) is 0 Å². The maximum atomic E-state index is 12.7. The Hall–Kier alpha value is -2.58. The summed E-state index contributed by atoms with van der Waals surface area (Å²) >= 11 is 0. The molecule has 2 rings (SSSR count). The summed E-state index contributed by atoms with van der Waals surface area (Å²) in [4.78, 5) is 14.9. The van der Waals surface area contributed by atoms with Crippen molar-refractivity contribution < 1.29 is 17.8 Å². The summed E-state index contributed by atoms with van der Waals surface area (Å²) in [5.74, 6) is -0.294. The summed E-state index contributed by atoms with van der Waals surface area (Å²) in [5, 5.41) is 5.18. The zero-order valence-corrected chi connectivity index (χ0v) is 9.94. The molecular weight excluding hydrogens is 277 g/mol. The maximum Gasteiger partial charge on any atom is 0.416 e. The number of amidine groups is 1. The first-order valence-corrected chi connectivity index (χ1v) is 5.39. The lowest BCUT2D eigenvalue weighted by Crippen LogP contribution is -2.22. The van der Waals surface area contributed by atoms with Crippen LogP contribution in [-0.2, 0) is 12.7 Å². The quantitative estimate of drug-likeness (QED) is 0.656. The molecule has 9 heteroatoms. The number of hydrogen-bond donors (Lipinski definition) is 2. The topological polar surface area (TPSA) is 97.3 Å². The predicted octanol–water partition coefficient (Wildman–Crippen LogP) is 1.29. The first-order chi connectivity index (χ1) is 9.39. The van der Waals surface area contributed by atoms with Crippen molar-refractivity contribution in [3.8, 4) is 0 Å². The number of nitrogens with one attached hydrogen (secondary N) is 1. The summed E-state index contributed by atoms with van der Waals surface area (Å²) in [7, 11) is 0. The van der Waals surface area contributed by atoms with Crippen LogP contribution in [0.5, 0.6) is 0 Å². The van der Waals surface area contributed by atoms with Crippen molar-refractivity contribution >= 4 is 5.84 Å². The number of nitrogens with two attached hydrogens (primary N) is 1. The number of aromatic amines is 1. The average Bonchev–Trinajstić information content (AvgIpc) is 2.81. The Morgan fingerprint density at radius 3 is 2.70 bits per heavy atom. The summed E-state index contributed by atoms with van der Waals surface area (Å²) in [6, 6.07) is 4.97. The van der Waals surface area contributed by atoms with Gasteiger partial charge >= 0.3 is 11.7 Å². The standard InChI is InChI=1S/C11H9F3N4O2/c12-11(13,14)7-4-2-1-3-6(7)5-16-9(15)8-10(19)18-20-17-8/h1-4H,5H2,(H2,15,16)(H,18,19). The van der Waals surface area contributed by atoms with Crippen LogP contribution < -0.4 is 11.3 Å². The molecule has 0 atom stereocenters. The number of nitrogens with zero attached hydrogens (tertiary/aromatic N) is 2. The fraction of sp³-hybridized carbons (Fsp3) is 0.182. The monoisotopic (exact) mass is 286 g/mol. The fourth-order valence-corrected chi connectivity index (χ4v) is 1.54. The molecule has 0 spiro atoms. The van der Waals surface area contributed by atoms with E-state index in [-0.39, 0.29) is 23.6 Å². The van der Waals surface area contributed by atoms with Gasteiger partial charge in [-0.05, 0) is 16.8 Å². The molecule has 0 saturated carbocycles. The summed E-state index contributed by atoms with van der Waals surface area (Å²) in [5.41, 5.74) is 3.65. The van der Waals surface area contributed by atoms with Crippen LogP contribution in [-0.4, -0.2) is 16.1 Å². The Morgan fingerprint density at radius 2 is 2.10 bits per heavy atom. The molecule has 20 heavy (non-hydrogen) atoms. The lowest BCUT2D eigenvalue weighted by Gasteiger charge is -2.10. The van der Waals surface area contributed by atoms with E-state index in [9.17, 15) is 18.0 Å². The zero-order valence-electron chi connectivity index (χ0n) is 9.94. The lowest BCUT2D eigenvalue weighted by atomic mass is 10.1. The number of halogens is 3. The highest BCUT2D eigenvalue weighted by atomic mass is 19.4. The zero-order chi connectivity index (χ0) is 14.8. The second-order valence-corrected chi connectivity index (χ2v) is 3.82. The molecular formula is C11H9F3N4O2. The van der Waals surface area contributed by atoms with Gasteiger partial charge in [-0.1, -0.05) is 18.2 Å². The van der Waals surface area contributed by atoms with E-state index < -0.39 is 17.3 Å². The van der Waals surface area contributed by atoms with E-state index >= 15 is 0 Å². The summed E-state index contributed by atoms with van der Waals surface area (Å²) in [6.45, 7) is -0.326. The van der Waals surface area contributed by atoms with Crippen molar-refractivity contribution in [2.24, 2.45) is 10.7 Å². The van der Waals surface area contributed by atoms with Crippen LogP contribution in [0.4, 0.5) is 13.2 Å². The van der Waals surface area contributed by atoms with Gasteiger partial charge in [-0.3, -0.25) is 14.4 Å². The highest BCUT2D eigenvalue weighted by Gasteiger charge is 2.32. The molecule has 0 aliphatic rings. The van der Waals surface area contributed by atoms with Crippen LogP contribution in [0.2, 0.25) is 0 Å². The first kappa shape index (κ1) is 13.8. The average molecular weight is 286 g/mol. The Labute approximate surface area is 110 Å². The van der Waals surface area contributed by atoms with Gasteiger partial charge in [-0.25, -0.2) is 0 Å². The van der Waals surface area contributed by atoms with Gasteiger partial charge in [0.2, 0.25) is 5.69 Å². The molecule has 106 valence electrons. The molecule has 0 aliphatic carbocycles. The van der Waals surface area contributed by atoms with Crippen LogP contribution in [0.3, 0.4) is 0 Å². The van der Waals surface area contributed by atoms with Crippen molar-refractivity contribution in [1.29, 1.82) is 0 Å². The van der Waals surface area contributed by atoms with Gasteiger partial charge in [0.15, 0.2) is 5.84 Å². The van der Waals surface area contributed by atoms with Crippen molar-refractivity contribution in [3.05, 3.63) is 51.4 Å². The van der Waals surface area contributed by atoms with Gasteiger partial charge in [-0.15, -0.1) is 0 Å². The van der Waals surface area contributed by atoms with Crippen LogP contribution in [0.15, 0.2) is 38.7 Å². The van der Waals surface area contributed by atoms with E-state index in [0.717, 1.165) is 6.07 Å². The van der Waals surface area contributed by atoms with Crippen molar-refractivity contribution in [2.45, 2.75) is 12.7 Å². The van der Waals surface area contributed by atoms with Gasteiger partial charge in [0.1, 0.15) is 0 Å². The third-order valence-electron chi connectivity index (χ3n) is 2.48. The number of aromatic nitrogens is 2. The van der Waals surface area contributed by atoms with Crippen LogP contribution in [0.1, 0.15) is 16.8 Å². The second-order valence-electron chi connectivity index (χ2n) is 3.82. The number of hydrogen-bond acceptors (Lipinski definition) is 4. The normalized spacial score (nSPS) is 12.7. The molecule has 0 bridgehead atoms. The Balaban J connectivity index is 2.28. The largest absolute Gasteiger partial charge is 0.416 e. The van der Waals surface area contributed by atoms with Crippen LogP contribution in [0.25, 0.3) is 0 Å². The molecule has 0 fully saturated rings. The van der Waals surface area contributed by atoms with E-state index in [1.807, 2.05) is 5.16 Å². The van der Waals surface area contributed by atoms with E-state index in [4.69, 9.17) is 5.73 Å². The van der Waals surface area contributed by atoms with Crippen molar-refractivity contribution in [1.82, 2.24) is 10.3 Å². The number of H-pyrrole nitrogens is 1. The number of rotatable bonds is 3. The maximum absolute atomic E-state index is 12.7. The number of alkyl halides is 3. The van der Waals surface area contributed by atoms with Gasteiger partial charge in [0.25, 0.3) is 0 Å². The fourth-order valence-electron chi connectivity index (χ4n) is 1.54. The summed E-state index contributed by atoms with van der Waals surface area (Å²) < 4.78 is 42.5. The molecule has 1 aromatic carbocycles. The lowest BCUT2D eigenvalue weighted by molar-refractivity contribution is -0.138. The Bertz CT molecular complexity index is 687. The third-order valence-corrected chi connectivity index (χ3v) is 2.48. The minimum atomic E-state index is -4.48. The molecule has 1 aromatic heterocycles. The highest BCUT2D eigenvalue weighted by Crippen LogP contribution is 2.32. The van der Waals surface area contributed by atoms with Crippen molar-refractivity contribution in [3.63, 3.8) is 0 Å². The third kappa shape index (κ3) is 2.87. The molecule has 0 radical (unpaired) electrons. The molecule has 0 amide bonds. The Morgan fingerprint density at radius 1 is 1.40 bits per heavy atom. The molecule has 2 aromatic rings. The van der Waals surface area contributed by atoms with Crippen LogP contribution >= 0.6 is 0 Å². The molecule has 6 nitrogen and oxygen atoms in total. The van der Waals surface area contributed by atoms with E-state index in [2.05, 4.69) is 14.8 Å².